The third kappa shape index (κ3) is 2.71. The van der Waals surface area contributed by atoms with Crippen LogP contribution in [0.3, 0.4) is 0 Å². The summed E-state index contributed by atoms with van der Waals surface area (Å²) in [6.07, 6.45) is 5.61. The Kier molecular flexibility index (Phi) is 4.58. The average Bonchev–Trinajstić information content (AvgIpc) is 2.19. The van der Waals surface area contributed by atoms with Crippen LogP contribution in [0.4, 0.5) is 0 Å². The zero-order valence-corrected chi connectivity index (χ0v) is 10.3. The van der Waals surface area contributed by atoms with Crippen molar-refractivity contribution in [2.24, 2.45) is 5.41 Å². The molecular formula is C12H24N2O. The maximum absolute atomic E-state index is 12.2. The summed E-state index contributed by atoms with van der Waals surface area (Å²) in [7, 11) is 3.85. The van der Waals surface area contributed by atoms with Crippen LogP contribution in [0, 0.1) is 5.41 Å². The fourth-order valence-electron chi connectivity index (χ4n) is 2.44. The van der Waals surface area contributed by atoms with Gasteiger partial charge in [0.05, 0.1) is 0 Å². The van der Waals surface area contributed by atoms with Crippen LogP contribution in [0.1, 0.15) is 39.0 Å². The molecule has 0 heterocycles. The van der Waals surface area contributed by atoms with Crippen molar-refractivity contribution in [1.82, 2.24) is 10.2 Å². The number of hydrogen-bond acceptors (Lipinski definition) is 2. The molecule has 0 spiro atoms. The Balaban J connectivity index is 2.49. The molecule has 0 aliphatic heterocycles. The zero-order chi connectivity index (χ0) is 11.3. The predicted octanol–water partition coefficient (Wildman–Crippen LogP) is 1.63. The minimum absolute atomic E-state index is 0.0112. The smallest absolute Gasteiger partial charge is 0.228 e. The minimum atomic E-state index is 0.0112. The molecule has 3 heteroatoms. The van der Waals surface area contributed by atoms with Crippen LogP contribution in [0.5, 0.6) is 0 Å². The van der Waals surface area contributed by atoms with Crippen LogP contribution in [0.15, 0.2) is 0 Å². The topological polar surface area (TPSA) is 32.3 Å². The molecule has 1 saturated carbocycles. The van der Waals surface area contributed by atoms with Gasteiger partial charge >= 0.3 is 0 Å². The summed E-state index contributed by atoms with van der Waals surface area (Å²) in [6.45, 7) is 3.87. The standard InChI is InChI=1S/C12H24N2O/c1-4-6-12(7-5-8-12)11(15)14(3)10-9-13-2/h13H,4-10H2,1-3H3. The maximum Gasteiger partial charge on any atom is 0.228 e. The summed E-state index contributed by atoms with van der Waals surface area (Å²) >= 11 is 0. The second-order valence-electron chi connectivity index (χ2n) is 4.71. The lowest BCUT2D eigenvalue weighted by molar-refractivity contribution is -0.146. The first-order valence-electron chi connectivity index (χ1n) is 6.06. The molecule has 1 aliphatic carbocycles. The molecule has 0 aromatic heterocycles. The predicted molar refractivity (Wildman–Crippen MR) is 62.8 cm³/mol. The van der Waals surface area contributed by atoms with Gasteiger partial charge in [-0.05, 0) is 26.3 Å². The van der Waals surface area contributed by atoms with Crippen LogP contribution in [-0.4, -0.2) is 38.0 Å². The van der Waals surface area contributed by atoms with Gasteiger partial charge in [0.25, 0.3) is 0 Å². The molecule has 0 unspecified atom stereocenters. The first-order valence-corrected chi connectivity index (χ1v) is 6.06. The van der Waals surface area contributed by atoms with Crippen LogP contribution >= 0.6 is 0 Å². The Labute approximate surface area is 93.2 Å². The number of nitrogens with zero attached hydrogens (tertiary/aromatic N) is 1. The van der Waals surface area contributed by atoms with E-state index in [4.69, 9.17) is 0 Å². The van der Waals surface area contributed by atoms with Crippen molar-refractivity contribution in [3.8, 4) is 0 Å². The number of hydrogen-bond donors (Lipinski definition) is 1. The lowest BCUT2D eigenvalue weighted by Crippen LogP contribution is -2.47. The van der Waals surface area contributed by atoms with Crippen molar-refractivity contribution in [1.29, 1.82) is 0 Å². The van der Waals surface area contributed by atoms with Gasteiger partial charge < -0.3 is 10.2 Å². The van der Waals surface area contributed by atoms with Crippen LogP contribution in [0.2, 0.25) is 0 Å². The highest BCUT2D eigenvalue weighted by atomic mass is 16.2. The second-order valence-corrected chi connectivity index (χ2v) is 4.71. The molecule has 0 bridgehead atoms. The second kappa shape index (κ2) is 5.50. The van der Waals surface area contributed by atoms with E-state index in [-0.39, 0.29) is 5.41 Å². The van der Waals surface area contributed by atoms with Crippen molar-refractivity contribution in [2.45, 2.75) is 39.0 Å². The molecule has 1 N–H and O–H groups in total. The van der Waals surface area contributed by atoms with Gasteiger partial charge in [0.1, 0.15) is 0 Å². The average molecular weight is 212 g/mol. The highest BCUT2D eigenvalue weighted by Gasteiger charge is 2.44. The summed E-state index contributed by atoms with van der Waals surface area (Å²) in [5.74, 6) is 0.367. The molecule has 15 heavy (non-hydrogen) atoms. The van der Waals surface area contributed by atoms with E-state index in [0.29, 0.717) is 5.91 Å². The number of amides is 1. The van der Waals surface area contributed by atoms with Crippen molar-refractivity contribution >= 4 is 5.91 Å². The van der Waals surface area contributed by atoms with Crippen LogP contribution < -0.4 is 5.32 Å². The molecule has 0 atom stereocenters. The third-order valence-electron chi connectivity index (χ3n) is 3.54. The molecule has 0 aromatic rings. The van der Waals surface area contributed by atoms with Crippen LogP contribution in [-0.2, 0) is 4.79 Å². The molecule has 3 nitrogen and oxygen atoms in total. The van der Waals surface area contributed by atoms with E-state index in [0.717, 1.165) is 38.8 Å². The van der Waals surface area contributed by atoms with Gasteiger partial charge in [-0.25, -0.2) is 0 Å². The summed E-state index contributed by atoms with van der Waals surface area (Å²) < 4.78 is 0. The summed E-state index contributed by atoms with van der Waals surface area (Å²) in [4.78, 5) is 14.1. The van der Waals surface area contributed by atoms with E-state index < -0.39 is 0 Å². The van der Waals surface area contributed by atoms with E-state index in [1.54, 1.807) is 0 Å². The van der Waals surface area contributed by atoms with Gasteiger partial charge in [0.15, 0.2) is 0 Å². The van der Waals surface area contributed by atoms with E-state index >= 15 is 0 Å². The molecule has 0 radical (unpaired) electrons. The number of rotatable bonds is 6. The molecule has 1 rings (SSSR count). The van der Waals surface area contributed by atoms with Crippen molar-refractivity contribution in [3.05, 3.63) is 0 Å². The van der Waals surface area contributed by atoms with Crippen molar-refractivity contribution in [3.63, 3.8) is 0 Å². The zero-order valence-electron chi connectivity index (χ0n) is 10.3. The molecule has 1 amide bonds. The van der Waals surface area contributed by atoms with E-state index in [9.17, 15) is 4.79 Å². The quantitative estimate of drug-likeness (QED) is 0.726. The van der Waals surface area contributed by atoms with E-state index in [2.05, 4.69) is 12.2 Å². The SMILES string of the molecule is CCCC1(C(=O)N(C)CCNC)CCC1. The monoisotopic (exact) mass is 212 g/mol. The fourth-order valence-corrected chi connectivity index (χ4v) is 2.44. The van der Waals surface area contributed by atoms with E-state index in [1.807, 2.05) is 19.0 Å². The van der Waals surface area contributed by atoms with Crippen molar-refractivity contribution in [2.75, 3.05) is 27.2 Å². The molecule has 1 aliphatic rings. The molecular weight excluding hydrogens is 188 g/mol. The molecule has 0 saturated heterocycles. The number of likely N-dealkylation sites (N-methyl/N-ethyl adjacent to an activating group) is 2. The van der Waals surface area contributed by atoms with E-state index in [1.165, 1.54) is 6.42 Å². The number of nitrogens with one attached hydrogen (secondary N) is 1. The van der Waals surface area contributed by atoms with Crippen molar-refractivity contribution < 1.29 is 4.79 Å². The Hall–Kier alpha value is -0.570. The van der Waals surface area contributed by atoms with Gasteiger partial charge in [0, 0.05) is 25.6 Å². The Morgan fingerprint density at radius 3 is 2.53 bits per heavy atom. The highest BCUT2D eigenvalue weighted by molar-refractivity contribution is 5.83. The summed E-state index contributed by atoms with van der Waals surface area (Å²) in [5, 5.41) is 3.08. The van der Waals surface area contributed by atoms with Gasteiger partial charge in [-0.15, -0.1) is 0 Å². The van der Waals surface area contributed by atoms with Crippen LogP contribution in [0.25, 0.3) is 0 Å². The Morgan fingerprint density at radius 1 is 1.47 bits per heavy atom. The fraction of sp³-hybridized carbons (Fsp3) is 0.917. The molecule has 1 fully saturated rings. The Bertz CT molecular complexity index is 212. The largest absolute Gasteiger partial charge is 0.344 e. The number of carbonyl (C=O) groups is 1. The summed E-state index contributed by atoms with van der Waals surface area (Å²) in [6, 6.07) is 0. The third-order valence-corrected chi connectivity index (χ3v) is 3.54. The molecule has 88 valence electrons. The lowest BCUT2D eigenvalue weighted by atomic mass is 9.65. The normalized spacial score (nSPS) is 18.3. The minimum Gasteiger partial charge on any atom is -0.344 e. The first-order chi connectivity index (χ1) is 7.16. The van der Waals surface area contributed by atoms with Gasteiger partial charge in [0.2, 0.25) is 5.91 Å². The van der Waals surface area contributed by atoms with Gasteiger partial charge in [-0.3, -0.25) is 4.79 Å². The summed E-state index contributed by atoms with van der Waals surface area (Å²) in [5.41, 5.74) is 0.0112. The maximum atomic E-state index is 12.2. The first kappa shape index (κ1) is 12.5. The van der Waals surface area contributed by atoms with Gasteiger partial charge in [-0.1, -0.05) is 19.8 Å². The molecule has 0 aromatic carbocycles. The van der Waals surface area contributed by atoms with Gasteiger partial charge in [-0.2, -0.15) is 0 Å². The number of carbonyl (C=O) groups excluding carboxylic acids is 1. The Morgan fingerprint density at radius 2 is 2.13 bits per heavy atom. The highest BCUT2D eigenvalue weighted by Crippen LogP contribution is 2.46. The lowest BCUT2D eigenvalue weighted by Gasteiger charge is -2.42.